The summed E-state index contributed by atoms with van der Waals surface area (Å²) in [5.41, 5.74) is 3.52. The van der Waals surface area contributed by atoms with Crippen molar-refractivity contribution in [2.75, 3.05) is 13.1 Å². The highest BCUT2D eigenvalue weighted by Crippen LogP contribution is 2.40. The van der Waals surface area contributed by atoms with Gasteiger partial charge in [0.1, 0.15) is 0 Å². The van der Waals surface area contributed by atoms with E-state index >= 15 is 0 Å². The van der Waals surface area contributed by atoms with Crippen LogP contribution < -0.4 is 10.0 Å². The van der Waals surface area contributed by atoms with Crippen LogP contribution in [0.4, 0.5) is 0 Å². The van der Waals surface area contributed by atoms with Gasteiger partial charge >= 0.3 is 0 Å². The number of hydrogen-bond acceptors (Lipinski definition) is 5. The van der Waals surface area contributed by atoms with Crippen molar-refractivity contribution in [2.24, 2.45) is 11.8 Å². The molecule has 0 bridgehead atoms. The van der Waals surface area contributed by atoms with Crippen LogP contribution in [0, 0.1) is 11.8 Å². The molecule has 2 atom stereocenters. The van der Waals surface area contributed by atoms with E-state index in [0.717, 1.165) is 62.6 Å². The normalized spacial score (nSPS) is 23.6. The van der Waals surface area contributed by atoms with Crippen LogP contribution in [0.5, 0.6) is 11.5 Å². The topological polar surface area (TPSA) is 98.7 Å². The summed E-state index contributed by atoms with van der Waals surface area (Å²) in [5, 5.41) is 24.2. The molecule has 2 aliphatic carbocycles. The summed E-state index contributed by atoms with van der Waals surface area (Å²) in [5.74, 6) is 1.06. The molecule has 0 heterocycles. The van der Waals surface area contributed by atoms with E-state index in [4.69, 9.17) is 0 Å². The van der Waals surface area contributed by atoms with Gasteiger partial charge in [0.25, 0.3) is 0 Å². The van der Waals surface area contributed by atoms with Gasteiger partial charge in [0.2, 0.25) is 10.0 Å². The summed E-state index contributed by atoms with van der Waals surface area (Å²) in [4.78, 5) is 0.320. The second-order valence-corrected chi connectivity index (χ2v) is 12.7. The number of aromatic hydroxyl groups is 2. The number of aryl methyl sites for hydroxylation is 1. The van der Waals surface area contributed by atoms with Gasteiger partial charge in [-0.3, -0.25) is 0 Å². The zero-order valence-electron chi connectivity index (χ0n) is 21.7. The maximum Gasteiger partial charge on any atom is 0.240 e. The second kappa shape index (κ2) is 11.9. The Morgan fingerprint density at radius 2 is 1.37 bits per heavy atom. The summed E-state index contributed by atoms with van der Waals surface area (Å²) in [7, 11) is -3.46. The van der Waals surface area contributed by atoms with E-state index < -0.39 is 10.0 Å². The van der Waals surface area contributed by atoms with Gasteiger partial charge in [0.05, 0.1) is 4.90 Å². The standard InChI is InChI=1S/C31H38N2O4S/c34-30-18-25-15-16-29(28(27(25)19-31(30)35)17-22-7-3-1-4-8-22)32-20-23-11-13-24(14-12-23)21-33-38(36,37)26-9-5-2-6-10-26/h1-10,18-19,23-24,28-29,32-35H,11-17,20-21H2. The van der Waals surface area contributed by atoms with Gasteiger partial charge in [-0.25, -0.2) is 13.1 Å². The van der Waals surface area contributed by atoms with E-state index in [1.165, 1.54) is 5.56 Å². The average Bonchev–Trinajstić information content (AvgIpc) is 2.94. The minimum Gasteiger partial charge on any atom is -0.504 e. The van der Waals surface area contributed by atoms with Crippen LogP contribution in [0.3, 0.4) is 0 Å². The van der Waals surface area contributed by atoms with Gasteiger partial charge in [-0.1, -0.05) is 48.5 Å². The molecule has 0 amide bonds. The first-order valence-corrected chi connectivity index (χ1v) is 15.2. The van der Waals surface area contributed by atoms with E-state index in [9.17, 15) is 18.6 Å². The SMILES string of the molecule is O=S(=O)(NCC1CCC(CNC2CCc3cc(O)c(O)cc3C2Cc2ccccc2)CC1)c1ccccc1. The Balaban J connectivity index is 1.17. The van der Waals surface area contributed by atoms with Crippen molar-refractivity contribution in [1.82, 2.24) is 10.0 Å². The van der Waals surface area contributed by atoms with Crippen LogP contribution in [0.15, 0.2) is 77.7 Å². The highest BCUT2D eigenvalue weighted by Gasteiger charge is 2.32. The largest absolute Gasteiger partial charge is 0.504 e. The van der Waals surface area contributed by atoms with E-state index in [-0.39, 0.29) is 17.4 Å². The predicted molar refractivity (Wildman–Crippen MR) is 150 cm³/mol. The lowest BCUT2D eigenvalue weighted by Crippen LogP contribution is -2.42. The molecule has 7 heteroatoms. The van der Waals surface area contributed by atoms with E-state index in [1.807, 2.05) is 12.1 Å². The Morgan fingerprint density at radius 3 is 2.05 bits per heavy atom. The van der Waals surface area contributed by atoms with E-state index in [0.29, 0.717) is 29.3 Å². The fourth-order valence-corrected chi connectivity index (χ4v) is 7.30. The molecule has 6 nitrogen and oxygen atoms in total. The Bertz CT molecular complexity index is 1310. The van der Waals surface area contributed by atoms with Gasteiger partial charge in [0.15, 0.2) is 11.5 Å². The molecule has 4 N–H and O–H groups in total. The van der Waals surface area contributed by atoms with Crippen molar-refractivity contribution < 1.29 is 18.6 Å². The maximum atomic E-state index is 12.6. The first kappa shape index (κ1) is 26.7. The fourth-order valence-electron chi connectivity index (χ4n) is 6.16. The number of fused-ring (bicyclic) bond motifs is 1. The fraction of sp³-hybridized carbons (Fsp3) is 0.419. The van der Waals surface area contributed by atoms with Crippen molar-refractivity contribution in [3.05, 3.63) is 89.5 Å². The molecule has 2 unspecified atom stereocenters. The molecule has 38 heavy (non-hydrogen) atoms. The van der Waals surface area contributed by atoms with Gasteiger partial charge in [-0.15, -0.1) is 0 Å². The smallest absolute Gasteiger partial charge is 0.240 e. The molecule has 0 spiro atoms. The third-order valence-corrected chi connectivity index (χ3v) is 9.83. The van der Waals surface area contributed by atoms with Crippen molar-refractivity contribution in [3.8, 4) is 11.5 Å². The zero-order chi connectivity index (χ0) is 26.5. The third kappa shape index (κ3) is 6.40. The van der Waals surface area contributed by atoms with Crippen LogP contribution >= 0.6 is 0 Å². The minimum absolute atomic E-state index is 0.0450. The summed E-state index contributed by atoms with van der Waals surface area (Å²) in [6.45, 7) is 1.43. The number of phenols is 2. The lowest BCUT2D eigenvalue weighted by atomic mass is 9.75. The molecule has 3 aromatic rings. The molecule has 3 aromatic carbocycles. The molecule has 1 saturated carbocycles. The molecule has 202 valence electrons. The van der Waals surface area contributed by atoms with Gasteiger partial charge in [-0.05, 0) is 104 Å². The summed E-state index contributed by atoms with van der Waals surface area (Å²) in [6.07, 6.45) is 6.98. The van der Waals surface area contributed by atoms with Crippen LogP contribution in [-0.2, 0) is 22.9 Å². The van der Waals surface area contributed by atoms with Crippen molar-refractivity contribution in [2.45, 2.75) is 61.8 Å². The van der Waals surface area contributed by atoms with Crippen LogP contribution in [0.2, 0.25) is 0 Å². The predicted octanol–water partition coefficient (Wildman–Crippen LogP) is 5.11. The maximum absolute atomic E-state index is 12.6. The molecular formula is C31H38N2O4S. The number of sulfonamides is 1. The first-order valence-electron chi connectivity index (χ1n) is 13.8. The second-order valence-electron chi connectivity index (χ2n) is 10.9. The summed E-state index contributed by atoms with van der Waals surface area (Å²) in [6, 6.07) is 22.8. The molecule has 0 aliphatic heterocycles. The molecule has 0 aromatic heterocycles. The number of phenolic OH excluding ortho intramolecular Hbond substituents is 2. The number of hydrogen-bond donors (Lipinski definition) is 4. The number of nitrogens with one attached hydrogen (secondary N) is 2. The van der Waals surface area contributed by atoms with Gasteiger partial charge in [0, 0.05) is 18.5 Å². The lowest BCUT2D eigenvalue weighted by Gasteiger charge is -2.37. The quantitative estimate of drug-likeness (QED) is 0.286. The Hall–Kier alpha value is -2.87. The summed E-state index contributed by atoms with van der Waals surface area (Å²) >= 11 is 0. The Morgan fingerprint density at radius 1 is 0.763 bits per heavy atom. The van der Waals surface area contributed by atoms with Crippen molar-refractivity contribution in [1.29, 1.82) is 0 Å². The van der Waals surface area contributed by atoms with Crippen LogP contribution in [-0.4, -0.2) is 37.8 Å². The van der Waals surface area contributed by atoms with Crippen LogP contribution in [0.1, 0.15) is 54.7 Å². The monoisotopic (exact) mass is 534 g/mol. The minimum atomic E-state index is -3.46. The highest BCUT2D eigenvalue weighted by atomic mass is 32.2. The molecule has 5 rings (SSSR count). The number of rotatable bonds is 9. The molecule has 0 radical (unpaired) electrons. The molecular weight excluding hydrogens is 496 g/mol. The average molecular weight is 535 g/mol. The Kier molecular flexibility index (Phi) is 8.36. The van der Waals surface area contributed by atoms with Crippen molar-refractivity contribution >= 4 is 10.0 Å². The zero-order valence-corrected chi connectivity index (χ0v) is 22.5. The van der Waals surface area contributed by atoms with Gasteiger partial charge in [-0.2, -0.15) is 0 Å². The lowest BCUT2D eigenvalue weighted by molar-refractivity contribution is 0.252. The van der Waals surface area contributed by atoms with Crippen molar-refractivity contribution in [3.63, 3.8) is 0 Å². The third-order valence-electron chi connectivity index (χ3n) is 8.40. The number of benzene rings is 3. The first-order chi connectivity index (χ1) is 18.4. The van der Waals surface area contributed by atoms with E-state index in [2.05, 4.69) is 34.3 Å². The van der Waals surface area contributed by atoms with Crippen LogP contribution in [0.25, 0.3) is 0 Å². The highest BCUT2D eigenvalue weighted by molar-refractivity contribution is 7.89. The molecule has 0 saturated heterocycles. The summed E-state index contributed by atoms with van der Waals surface area (Å²) < 4.78 is 27.9. The van der Waals surface area contributed by atoms with Gasteiger partial charge < -0.3 is 15.5 Å². The molecule has 1 fully saturated rings. The Labute approximate surface area is 226 Å². The molecule has 2 aliphatic rings. The van der Waals surface area contributed by atoms with E-state index in [1.54, 1.807) is 36.4 Å².